The summed E-state index contributed by atoms with van der Waals surface area (Å²) < 4.78 is 0. The molecule has 0 aromatic heterocycles. The van der Waals surface area contributed by atoms with Crippen molar-refractivity contribution in [2.24, 2.45) is 5.92 Å². The molecular formula is C19H30ClN3O. The third-order valence-electron chi connectivity index (χ3n) is 5.26. The van der Waals surface area contributed by atoms with Crippen molar-refractivity contribution < 1.29 is 4.79 Å². The van der Waals surface area contributed by atoms with Gasteiger partial charge in [-0.15, -0.1) is 12.4 Å². The number of carbonyl (C=O) groups is 1. The molecule has 1 amide bonds. The van der Waals surface area contributed by atoms with Crippen LogP contribution in [0, 0.1) is 5.92 Å². The fourth-order valence-corrected chi connectivity index (χ4v) is 3.77. The third-order valence-corrected chi connectivity index (χ3v) is 5.26. The number of hydrogen-bond donors (Lipinski definition) is 2. The van der Waals surface area contributed by atoms with Crippen molar-refractivity contribution in [3.63, 3.8) is 0 Å². The van der Waals surface area contributed by atoms with Gasteiger partial charge in [0.1, 0.15) is 0 Å². The van der Waals surface area contributed by atoms with Crippen molar-refractivity contribution in [2.45, 2.75) is 51.2 Å². The molecule has 4 nitrogen and oxygen atoms in total. The fraction of sp³-hybridized carbons (Fsp3) is 0.632. The first-order chi connectivity index (χ1) is 11.2. The fourth-order valence-electron chi connectivity index (χ4n) is 3.77. The van der Waals surface area contributed by atoms with Crippen LogP contribution in [0.2, 0.25) is 0 Å². The molecule has 2 saturated heterocycles. The standard InChI is InChI=1S/C19H29N3O.ClH/c1-15(21-19(23)18-9-5-6-11-20-18)17-10-12-22(14-17)13-16-7-3-2-4-8-16;/h2-4,7-8,15,17-18,20H,5-6,9-14H2,1H3,(H,21,23);1H/t15?,17?,18-;/m0./s1. The first kappa shape index (κ1) is 19.2. The molecule has 3 atom stereocenters. The Morgan fingerprint density at radius 2 is 2.08 bits per heavy atom. The molecule has 134 valence electrons. The van der Waals surface area contributed by atoms with Crippen molar-refractivity contribution in [3.8, 4) is 0 Å². The highest BCUT2D eigenvalue weighted by Crippen LogP contribution is 2.22. The van der Waals surface area contributed by atoms with E-state index in [1.54, 1.807) is 0 Å². The molecule has 5 heteroatoms. The topological polar surface area (TPSA) is 44.4 Å². The van der Waals surface area contributed by atoms with E-state index in [-0.39, 0.29) is 30.4 Å². The highest BCUT2D eigenvalue weighted by molar-refractivity contribution is 5.85. The van der Waals surface area contributed by atoms with Gasteiger partial charge < -0.3 is 10.6 Å². The molecule has 0 spiro atoms. The molecule has 3 rings (SSSR count). The lowest BCUT2D eigenvalue weighted by Crippen LogP contribution is -2.50. The molecule has 0 radical (unpaired) electrons. The van der Waals surface area contributed by atoms with Crippen LogP contribution in [0.15, 0.2) is 30.3 Å². The zero-order valence-electron chi connectivity index (χ0n) is 14.5. The Morgan fingerprint density at radius 3 is 2.79 bits per heavy atom. The minimum Gasteiger partial charge on any atom is -0.352 e. The van der Waals surface area contributed by atoms with E-state index < -0.39 is 0 Å². The van der Waals surface area contributed by atoms with Gasteiger partial charge in [-0.05, 0) is 50.8 Å². The van der Waals surface area contributed by atoms with Crippen LogP contribution in [-0.2, 0) is 11.3 Å². The van der Waals surface area contributed by atoms with Gasteiger partial charge in [-0.2, -0.15) is 0 Å². The molecule has 0 saturated carbocycles. The van der Waals surface area contributed by atoms with E-state index in [0.717, 1.165) is 39.0 Å². The van der Waals surface area contributed by atoms with Crippen molar-refractivity contribution in [3.05, 3.63) is 35.9 Å². The molecule has 0 aliphatic carbocycles. The predicted octanol–water partition coefficient (Wildman–Crippen LogP) is 2.58. The Morgan fingerprint density at radius 1 is 1.29 bits per heavy atom. The van der Waals surface area contributed by atoms with Crippen molar-refractivity contribution in [1.82, 2.24) is 15.5 Å². The smallest absolute Gasteiger partial charge is 0.237 e. The van der Waals surface area contributed by atoms with Gasteiger partial charge in [-0.25, -0.2) is 0 Å². The Balaban J connectivity index is 0.00000208. The number of carbonyl (C=O) groups excluding carboxylic acids is 1. The van der Waals surface area contributed by atoms with Crippen LogP contribution in [-0.4, -0.2) is 42.5 Å². The molecule has 2 unspecified atom stereocenters. The van der Waals surface area contributed by atoms with Crippen LogP contribution in [0.1, 0.15) is 38.2 Å². The van der Waals surface area contributed by atoms with Gasteiger partial charge in [0.25, 0.3) is 0 Å². The molecule has 2 N–H and O–H groups in total. The molecule has 2 fully saturated rings. The van der Waals surface area contributed by atoms with Gasteiger partial charge in [-0.1, -0.05) is 36.8 Å². The van der Waals surface area contributed by atoms with Gasteiger partial charge in [0, 0.05) is 19.1 Å². The Hall–Kier alpha value is -1.10. The highest BCUT2D eigenvalue weighted by Gasteiger charge is 2.29. The second-order valence-corrected chi connectivity index (χ2v) is 7.07. The van der Waals surface area contributed by atoms with Crippen LogP contribution in [0.5, 0.6) is 0 Å². The molecule has 2 aliphatic heterocycles. The van der Waals surface area contributed by atoms with Gasteiger partial charge in [0.05, 0.1) is 6.04 Å². The maximum absolute atomic E-state index is 12.4. The van der Waals surface area contributed by atoms with Crippen LogP contribution in [0.3, 0.4) is 0 Å². The average molecular weight is 352 g/mol. The molecular weight excluding hydrogens is 322 g/mol. The molecule has 2 aliphatic rings. The number of amides is 1. The predicted molar refractivity (Wildman–Crippen MR) is 100 cm³/mol. The normalized spacial score (nSPS) is 25.7. The second-order valence-electron chi connectivity index (χ2n) is 7.07. The minimum absolute atomic E-state index is 0. The van der Waals surface area contributed by atoms with E-state index in [2.05, 4.69) is 52.8 Å². The number of piperidine rings is 1. The quantitative estimate of drug-likeness (QED) is 0.857. The highest BCUT2D eigenvalue weighted by atomic mass is 35.5. The molecule has 24 heavy (non-hydrogen) atoms. The third kappa shape index (κ3) is 5.20. The Bertz CT molecular complexity index is 505. The zero-order valence-corrected chi connectivity index (χ0v) is 15.4. The van der Waals surface area contributed by atoms with Gasteiger partial charge in [-0.3, -0.25) is 9.69 Å². The van der Waals surface area contributed by atoms with Crippen LogP contribution >= 0.6 is 12.4 Å². The van der Waals surface area contributed by atoms with E-state index in [9.17, 15) is 4.79 Å². The number of nitrogens with zero attached hydrogens (tertiary/aromatic N) is 1. The Labute approximate surface area is 151 Å². The number of rotatable bonds is 5. The SMILES string of the molecule is CC(NC(=O)[C@@H]1CCCCN1)C1CCN(Cc2ccccc2)C1.Cl. The summed E-state index contributed by atoms with van der Waals surface area (Å²) in [4.78, 5) is 14.9. The van der Waals surface area contributed by atoms with Crippen molar-refractivity contribution in [1.29, 1.82) is 0 Å². The summed E-state index contributed by atoms with van der Waals surface area (Å²) in [5.41, 5.74) is 1.37. The first-order valence-corrected chi connectivity index (χ1v) is 9.02. The molecule has 2 heterocycles. The molecule has 0 bridgehead atoms. The summed E-state index contributed by atoms with van der Waals surface area (Å²) in [7, 11) is 0. The lowest BCUT2D eigenvalue weighted by atomic mass is 9.99. The van der Waals surface area contributed by atoms with E-state index in [1.165, 1.54) is 18.4 Å². The van der Waals surface area contributed by atoms with E-state index in [0.29, 0.717) is 5.92 Å². The monoisotopic (exact) mass is 351 g/mol. The van der Waals surface area contributed by atoms with E-state index in [4.69, 9.17) is 0 Å². The zero-order chi connectivity index (χ0) is 16.1. The number of halogens is 1. The minimum atomic E-state index is 0. The Kier molecular flexibility index (Phi) is 7.53. The summed E-state index contributed by atoms with van der Waals surface area (Å²) in [5, 5.41) is 6.58. The van der Waals surface area contributed by atoms with Crippen LogP contribution < -0.4 is 10.6 Å². The number of nitrogens with one attached hydrogen (secondary N) is 2. The number of benzene rings is 1. The lowest BCUT2D eigenvalue weighted by molar-refractivity contribution is -0.124. The number of likely N-dealkylation sites (tertiary alicyclic amines) is 1. The van der Waals surface area contributed by atoms with E-state index >= 15 is 0 Å². The first-order valence-electron chi connectivity index (χ1n) is 9.02. The van der Waals surface area contributed by atoms with Crippen molar-refractivity contribution >= 4 is 18.3 Å². The second kappa shape index (κ2) is 9.40. The summed E-state index contributed by atoms with van der Waals surface area (Å²) in [5.74, 6) is 0.755. The largest absolute Gasteiger partial charge is 0.352 e. The average Bonchev–Trinajstić information content (AvgIpc) is 3.05. The summed E-state index contributed by atoms with van der Waals surface area (Å²) in [6.07, 6.45) is 4.50. The van der Waals surface area contributed by atoms with Crippen molar-refractivity contribution in [2.75, 3.05) is 19.6 Å². The summed E-state index contributed by atoms with van der Waals surface area (Å²) >= 11 is 0. The van der Waals surface area contributed by atoms with Gasteiger partial charge >= 0.3 is 0 Å². The lowest BCUT2D eigenvalue weighted by Gasteiger charge is -2.27. The summed E-state index contributed by atoms with van der Waals surface area (Å²) in [6, 6.07) is 10.9. The molecule has 1 aromatic rings. The number of hydrogen-bond acceptors (Lipinski definition) is 3. The maximum Gasteiger partial charge on any atom is 0.237 e. The molecule has 1 aromatic carbocycles. The maximum atomic E-state index is 12.4. The van der Waals surface area contributed by atoms with Crippen LogP contribution in [0.4, 0.5) is 0 Å². The van der Waals surface area contributed by atoms with Crippen LogP contribution in [0.25, 0.3) is 0 Å². The van der Waals surface area contributed by atoms with Gasteiger partial charge in [0.15, 0.2) is 0 Å². The van der Waals surface area contributed by atoms with E-state index in [1.807, 2.05) is 0 Å². The van der Waals surface area contributed by atoms with Gasteiger partial charge in [0.2, 0.25) is 5.91 Å². The summed E-state index contributed by atoms with van der Waals surface area (Å²) in [6.45, 7) is 6.36.